The van der Waals surface area contributed by atoms with Gasteiger partial charge in [-0.1, -0.05) is 27.6 Å². The fourth-order valence-corrected chi connectivity index (χ4v) is 5.34. The summed E-state index contributed by atoms with van der Waals surface area (Å²) in [6.45, 7) is 0.399. The first-order chi connectivity index (χ1) is 9.40. The maximum Gasteiger partial charge on any atom is 0.243 e. The zero-order valence-electron chi connectivity index (χ0n) is 10.8. The molecule has 110 valence electrons. The van der Waals surface area contributed by atoms with Gasteiger partial charge in [0, 0.05) is 15.5 Å². The molecule has 0 radical (unpaired) electrons. The van der Waals surface area contributed by atoms with Crippen LogP contribution >= 0.6 is 31.9 Å². The van der Waals surface area contributed by atoms with Crippen molar-refractivity contribution < 1.29 is 8.42 Å². The molecule has 0 saturated heterocycles. The van der Waals surface area contributed by atoms with Crippen LogP contribution in [0.4, 0.5) is 5.69 Å². The van der Waals surface area contributed by atoms with Crippen molar-refractivity contribution in [2.24, 2.45) is 0 Å². The molecule has 1 aromatic rings. The van der Waals surface area contributed by atoms with Gasteiger partial charge in [-0.3, -0.25) is 0 Å². The van der Waals surface area contributed by atoms with Crippen molar-refractivity contribution in [3.63, 3.8) is 0 Å². The van der Waals surface area contributed by atoms with Crippen LogP contribution in [0.5, 0.6) is 0 Å². The zero-order valence-corrected chi connectivity index (χ0v) is 14.8. The van der Waals surface area contributed by atoms with Crippen LogP contribution in [0, 0.1) is 0 Å². The third kappa shape index (κ3) is 3.84. The Morgan fingerprint density at radius 1 is 1.30 bits per heavy atom. The minimum atomic E-state index is -3.60. The Hall–Kier alpha value is -0.370. The lowest BCUT2D eigenvalue weighted by molar-refractivity contribution is 0.581. The summed E-state index contributed by atoms with van der Waals surface area (Å²) in [6, 6.07) is 3.25. The van der Waals surface area contributed by atoms with Crippen molar-refractivity contribution in [3.8, 4) is 0 Å². The summed E-state index contributed by atoms with van der Waals surface area (Å²) in [5.74, 6) is 0. The van der Waals surface area contributed by atoms with Gasteiger partial charge in [-0.15, -0.1) is 0 Å². The Morgan fingerprint density at radius 3 is 2.65 bits per heavy atom. The number of nitrogens with one attached hydrogen (secondary N) is 1. The maximum atomic E-state index is 12.3. The second kappa shape index (κ2) is 6.60. The highest BCUT2D eigenvalue weighted by atomic mass is 79.9. The topological polar surface area (TPSA) is 72.2 Å². The minimum absolute atomic E-state index is 0.0982. The number of halogens is 2. The number of allylic oxidation sites excluding steroid dienone is 1. The summed E-state index contributed by atoms with van der Waals surface area (Å²) >= 11 is 6.53. The van der Waals surface area contributed by atoms with Crippen molar-refractivity contribution in [1.82, 2.24) is 4.72 Å². The highest BCUT2D eigenvalue weighted by molar-refractivity contribution is 9.11. The second-order valence-corrected chi connectivity index (χ2v) is 8.18. The standard InChI is InChI=1S/C13H16Br2N2O2S/c14-10-7-11(15)13(12(16)8-10)20(18,19)17-6-5-9-3-1-2-4-9/h3,7-8,17H,1-2,4-6,16H2. The highest BCUT2D eigenvalue weighted by Crippen LogP contribution is 2.31. The third-order valence-electron chi connectivity index (χ3n) is 3.18. The Labute approximate surface area is 136 Å². The van der Waals surface area contributed by atoms with Crippen LogP contribution in [0.2, 0.25) is 0 Å². The molecule has 0 bridgehead atoms. The number of sulfonamides is 1. The average molecular weight is 424 g/mol. The predicted octanol–water partition coefficient (Wildman–Crippen LogP) is 3.57. The largest absolute Gasteiger partial charge is 0.398 e. The number of benzene rings is 1. The zero-order chi connectivity index (χ0) is 14.8. The number of anilines is 1. The van der Waals surface area contributed by atoms with E-state index in [1.54, 1.807) is 12.1 Å². The quantitative estimate of drug-likeness (QED) is 0.561. The lowest BCUT2D eigenvalue weighted by Crippen LogP contribution is -2.26. The van der Waals surface area contributed by atoms with Crippen LogP contribution in [-0.2, 0) is 10.0 Å². The van der Waals surface area contributed by atoms with Gasteiger partial charge in [0.05, 0.1) is 5.69 Å². The molecule has 0 atom stereocenters. The summed E-state index contributed by atoms with van der Waals surface area (Å²) in [7, 11) is -3.60. The van der Waals surface area contributed by atoms with Gasteiger partial charge < -0.3 is 5.73 Å². The number of hydrogen-bond donors (Lipinski definition) is 2. The normalized spacial score (nSPS) is 15.4. The first-order valence-electron chi connectivity index (χ1n) is 6.32. The summed E-state index contributed by atoms with van der Waals surface area (Å²) in [5.41, 5.74) is 7.36. The van der Waals surface area contributed by atoms with Crippen molar-refractivity contribution in [1.29, 1.82) is 0 Å². The van der Waals surface area contributed by atoms with E-state index in [1.807, 2.05) is 0 Å². The van der Waals surface area contributed by atoms with Crippen LogP contribution in [0.25, 0.3) is 0 Å². The van der Waals surface area contributed by atoms with E-state index in [-0.39, 0.29) is 10.6 Å². The van der Waals surface area contributed by atoms with E-state index in [2.05, 4.69) is 42.7 Å². The third-order valence-corrected chi connectivity index (χ3v) is 6.10. The van der Waals surface area contributed by atoms with Crippen LogP contribution in [0.3, 0.4) is 0 Å². The van der Waals surface area contributed by atoms with Crippen LogP contribution in [-0.4, -0.2) is 15.0 Å². The van der Waals surface area contributed by atoms with E-state index in [9.17, 15) is 8.42 Å². The Kier molecular flexibility index (Phi) is 5.28. The fourth-order valence-electron chi connectivity index (χ4n) is 2.25. The molecular weight excluding hydrogens is 408 g/mol. The molecule has 0 aliphatic heterocycles. The fraction of sp³-hybridized carbons (Fsp3) is 0.385. The molecular formula is C13H16Br2N2O2S. The summed E-state index contributed by atoms with van der Waals surface area (Å²) < 4.78 is 28.4. The Morgan fingerprint density at radius 2 is 2.05 bits per heavy atom. The van der Waals surface area contributed by atoms with Gasteiger partial charge in [0.25, 0.3) is 0 Å². The van der Waals surface area contributed by atoms with Crippen molar-refractivity contribution in [2.75, 3.05) is 12.3 Å². The lowest BCUT2D eigenvalue weighted by Gasteiger charge is -2.11. The molecule has 0 fully saturated rings. The SMILES string of the molecule is Nc1cc(Br)cc(Br)c1S(=O)(=O)NCCC1=CCCC1. The molecule has 4 nitrogen and oxygen atoms in total. The molecule has 20 heavy (non-hydrogen) atoms. The predicted molar refractivity (Wildman–Crippen MR) is 88.0 cm³/mol. The maximum absolute atomic E-state index is 12.3. The number of hydrogen-bond acceptors (Lipinski definition) is 3. The molecule has 1 aliphatic rings. The van der Waals surface area contributed by atoms with E-state index in [1.165, 1.54) is 12.0 Å². The first-order valence-corrected chi connectivity index (χ1v) is 9.39. The average Bonchev–Trinajstić information content (AvgIpc) is 2.79. The van der Waals surface area contributed by atoms with Crippen molar-refractivity contribution >= 4 is 47.6 Å². The molecule has 0 unspecified atom stereocenters. The molecule has 0 heterocycles. The van der Waals surface area contributed by atoms with Crippen LogP contribution < -0.4 is 10.5 Å². The van der Waals surface area contributed by atoms with Crippen molar-refractivity contribution in [3.05, 3.63) is 32.7 Å². The van der Waals surface area contributed by atoms with E-state index in [0.29, 0.717) is 11.0 Å². The van der Waals surface area contributed by atoms with Gasteiger partial charge in [0.2, 0.25) is 10.0 Å². The van der Waals surface area contributed by atoms with Gasteiger partial charge in [-0.25, -0.2) is 13.1 Å². The molecule has 0 saturated carbocycles. The summed E-state index contributed by atoms with van der Waals surface area (Å²) in [6.07, 6.45) is 6.30. The van der Waals surface area contributed by atoms with E-state index in [0.717, 1.165) is 23.7 Å². The van der Waals surface area contributed by atoms with Gasteiger partial charge in [0.15, 0.2) is 0 Å². The van der Waals surface area contributed by atoms with Gasteiger partial charge >= 0.3 is 0 Å². The lowest BCUT2D eigenvalue weighted by atomic mass is 10.2. The molecule has 2 rings (SSSR count). The van der Waals surface area contributed by atoms with Gasteiger partial charge in [0.1, 0.15) is 4.90 Å². The molecule has 0 amide bonds. The van der Waals surface area contributed by atoms with E-state index in [4.69, 9.17) is 5.73 Å². The van der Waals surface area contributed by atoms with Crippen LogP contribution in [0.1, 0.15) is 25.7 Å². The molecule has 3 N–H and O–H groups in total. The highest BCUT2D eigenvalue weighted by Gasteiger charge is 2.21. The minimum Gasteiger partial charge on any atom is -0.398 e. The molecule has 1 aliphatic carbocycles. The Balaban J connectivity index is 2.10. The second-order valence-electron chi connectivity index (χ2n) is 4.71. The smallest absolute Gasteiger partial charge is 0.243 e. The van der Waals surface area contributed by atoms with Gasteiger partial charge in [-0.05, 0) is 53.7 Å². The van der Waals surface area contributed by atoms with Crippen molar-refractivity contribution in [2.45, 2.75) is 30.6 Å². The number of rotatable bonds is 5. The summed E-state index contributed by atoms with van der Waals surface area (Å²) in [5, 5.41) is 0. The molecule has 7 heteroatoms. The number of nitrogen functional groups attached to an aromatic ring is 1. The summed E-state index contributed by atoms with van der Waals surface area (Å²) in [4.78, 5) is 0.0982. The van der Waals surface area contributed by atoms with Crippen LogP contribution in [0.15, 0.2) is 37.6 Å². The van der Waals surface area contributed by atoms with Gasteiger partial charge in [-0.2, -0.15) is 0 Å². The Bertz CT molecular complexity index is 619. The molecule has 0 spiro atoms. The molecule has 0 aromatic heterocycles. The first kappa shape index (κ1) is 16.0. The van der Waals surface area contributed by atoms with E-state index >= 15 is 0 Å². The van der Waals surface area contributed by atoms with E-state index < -0.39 is 10.0 Å². The monoisotopic (exact) mass is 422 g/mol. The molecule has 1 aromatic carbocycles. The number of nitrogens with two attached hydrogens (primary N) is 1.